The maximum atomic E-state index is 6.12. The maximum absolute atomic E-state index is 6.12. The van der Waals surface area contributed by atoms with Crippen LogP contribution in [0.25, 0.3) is 11.4 Å². The molecule has 94 valence electrons. The van der Waals surface area contributed by atoms with E-state index in [1.54, 1.807) is 0 Å². The summed E-state index contributed by atoms with van der Waals surface area (Å²) in [5, 5.41) is 8.00. The van der Waals surface area contributed by atoms with Gasteiger partial charge in [-0.2, -0.15) is 4.98 Å². The third kappa shape index (κ3) is 2.26. The molecule has 1 aromatic carbocycles. The van der Waals surface area contributed by atoms with Gasteiger partial charge in [-0.25, -0.2) is 0 Å². The molecule has 5 heteroatoms. The Kier molecular flexibility index (Phi) is 3.30. The lowest BCUT2D eigenvalue weighted by atomic mass is 9.98. The number of rotatable bonds is 2. The average molecular weight is 264 g/mol. The molecule has 2 heterocycles. The number of halogens is 1. The first-order chi connectivity index (χ1) is 8.84. The quantitative estimate of drug-likeness (QED) is 0.905. The molecule has 0 atom stereocenters. The summed E-state index contributed by atoms with van der Waals surface area (Å²) in [7, 11) is 0. The zero-order valence-electron chi connectivity index (χ0n) is 9.90. The fourth-order valence-corrected chi connectivity index (χ4v) is 2.44. The molecule has 0 unspecified atom stereocenters. The van der Waals surface area contributed by atoms with Gasteiger partial charge in [-0.15, -0.1) is 0 Å². The Hall–Kier alpha value is -1.39. The molecule has 0 radical (unpaired) electrons. The van der Waals surface area contributed by atoms with Crippen molar-refractivity contribution in [3.63, 3.8) is 0 Å². The second-order valence-corrected chi connectivity index (χ2v) is 4.87. The summed E-state index contributed by atoms with van der Waals surface area (Å²) in [5.74, 6) is 1.68. The van der Waals surface area contributed by atoms with Crippen LogP contribution in [0, 0.1) is 0 Å². The zero-order valence-corrected chi connectivity index (χ0v) is 10.7. The van der Waals surface area contributed by atoms with Gasteiger partial charge in [0.1, 0.15) is 0 Å². The first kappa shape index (κ1) is 11.7. The van der Waals surface area contributed by atoms with E-state index in [1.165, 1.54) is 0 Å². The van der Waals surface area contributed by atoms with E-state index in [0.717, 1.165) is 37.4 Å². The normalized spacial score (nSPS) is 16.9. The molecule has 0 bridgehead atoms. The van der Waals surface area contributed by atoms with Gasteiger partial charge in [0.25, 0.3) is 0 Å². The standard InChI is InChI=1S/C13H14ClN3O/c14-11-4-2-1-3-10(11)12-16-13(18-17-12)9-5-7-15-8-6-9/h1-4,9,15H,5-8H2. The molecule has 1 fully saturated rings. The lowest BCUT2D eigenvalue weighted by Crippen LogP contribution is -2.26. The lowest BCUT2D eigenvalue weighted by Gasteiger charge is -2.18. The molecule has 1 aromatic heterocycles. The minimum atomic E-state index is 0.370. The first-order valence-corrected chi connectivity index (χ1v) is 6.51. The highest BCUT2D eigenvalue weighted by Gasteiger charge is 2.22. The topological polar surface area (TPSA) is 51.0 Å². The maximum Gasteiger partial charge on any atom is 0.230 e. The van der Waals surface area contributed by atoms with Crippen molar-refractivity contribution in [1.82, 2.24) is 15.5 Å². The fraction of sp³-hybridized carbons (Fsp3) is 0.385. The van der Waals surface area contributed by atoms with E-state index >= 15 is 0 Å². The van der Waals surface area contributed by atoms with Crippen molar-refractivity contribution in [2.24, 2.45) is 0 Å². The molecule has 0 amide bonds. The van der Waals surface area contributed by atoms with Gasteiger partial charge in [0, 0.05) is 11.5 Å². The molecule has 1 aliphatic heterocycles. The van der Waals surface area contributed by atoms with Crippen LogP contribution in [-0.2, 0) is 0 Å². The SMILES string of the molecule is Clc1ccccc1-c1noc(C2CCNCC2)n1. The van der Waals surface area contributed by atoms with Crippen LogP contribution in [0.4, 0.5) is 0 Å². The van der Waals surface area contributed by atoms with Crippen molar-refractivity contribution in [2.75, 3.05) is 13.1 Å². The van der Waals surface area contributed by atoms with Gasteiger partial charge >= 0.3 is 0 Å². The van der Waals surface area contributed by atoms with Crippen LogP contribution in [0.15, 0.2) is 28.8 Å². The molecule has 1 saturated heterocycles. The molecular formula is C13H14ClN3O. The van der Waals surface area contributed by atoms with Crippen LogP contribution in [0.5, 0.6) is 0 Å². The Morgan fingerprint density at radius 2 is 2.00 bits per heavy atom. The Labute approximate surface area is 110 Å². The van der Waals surface area contributed by atoms with E-state index in [-0.39, 0.29) is 0 Å². The number of nitrogens with zero attached hydrogens (tertiary/aromatic N) is 2. The number of benzene rings is 1. The molecule has 4 nitrogen and oxygen atoms in total. The van der Waals surface area contributed by atoms with Gasteiger partial charge in [0.2, 0.25) is 11.7 Å². The van der Waals surface area contributed by atoms with E-state index in [9.17, 15) is 0 Å². The minimum absolute atomic E-state index is 0.370. The third-order valence-electron chi connectivity index (χ3n) is 3.24. The Morgan fingerprint density at radius 1 is 1.22 bits per heavy atom. The van der Waals surface area contributed by atoms with Crippen molar-refractivity contribution in [3.8, 4) is 11.4 Å². The van der Waals surface area contributed by atoms with E-state index in [1.807, 2.05) is 24.3 Å². The third-order valence-corrected chi connectivity index (χ3v) is 3.57. The van der Waals surface area contributed by atoms with E-state index in [2.05, 4.69) is 15.5 Å². The average Bonchev–Trinajstić information content (AvgIpc) is 2.90. The Bertz CT molecular complexity index is 535. The van der Waals surface area contributed by atoms with Gasteiger partial charge in [0.05, 0.1) is 5.02 Å². The molecule has 0 spiro atoms. The van der Waals surface area contributed by atoms with E-state index in [4.69, 9.17) is 16.1 Å². The van der Waals surface area contributed by atoms with E-state index < -0.39 is 0 Å². The highest BCUT2D eigenvalue weighted by Crippen LogP contribution is 2.28. The highest BCUT2D eigenvalue weighted by molar-refractivity contribution is 6.33. The first-order valence-electron chi connectivity index (χ1n) is 6.14. The van der Waals surface area contributed by atoms with Gasteiger partial charge in [-0.05, 0) is 38.1 Å². The highest BCUT2D eigenvalue weighted by atomic mass is 35.5. The van der Waals surface area contributed by atoms with Crippen molar-refractivity contribution in [1.29, 1.82) is 0 Å². The van der Waals surface area contributed by atoms with Crippen LogP contribution in [0.2, 0.25) is 5.02 Å². The van der Waals surface area contributed by atoms with Crippen LogP contribution in [0.3, 0.4) is 0 Å². The Balaban J connectivity index is 1.87. The van der Waals surface area contributed by atoms with Crippen LogP contribution < -0.4 is 5.32 Å². The smallest absolute Gasteiger partial charge is 0.230 e. The van der Waals surface area contributed by atoms with Crippen LogP contribution in [0.1, 0.15) is 24.7 Å². The minimum Gasteiger partial charge on any atom is -0.339 e. The molecule has 3 rings (SSSR count). The summed E-state index contributed by atoms with van der Waals surface area (Å²) in [6.45, 7) is 2.02. The summed E-state index contributed by atoms with van der Waals surface area (Å²) in [6.07, 6.45) is 2.09. The van der Waals surface area contributed by atoms with Gasteiger partial charge in [-0.1, -0.05) is 28.9 Å². The van der Waals surface area contributed by atoms with Crippen molar-refractivity contribution in [3.05, 3.63) is 35.2 Å². The van der Waals surface area contributed by atoms with Crippen molar-refractivity contribution < 1.29 is 4.52 Å². The zero-order chi connectivity index (χ0) is 12.4. The summed E-state index contributed by atoms with van der Waals surface area (Å²) in [4.78, 5) is 4.47. The number of aromatic nitrogens is 2. The number of hydrogen-bond acceptors (Lipinski definition) is 4. The molecule has 1 N–H and O–H groups in total. The number of piperidine rings is 1. The summed E-state index contributed by atoms with van der Waals surface area (Å²) in [5.41, 5.74) is 0.822. The monoisotopic (exact) mass is 263 g/mol. The Morgan fingerprint density at radius 3 is 2.78 bits per heavy atom. The molecule has 1 aliphatic rings. The van der Waals surface area contributed by atoms with Gasteiger partial charge < -0.3 is 9.84 Å². The molecular weight excluding hydrogens is 250 g/mol. The second-order valence-electron chi connectivity index (χ2n) is 4.46. The number of hydrogen-bond donors (Lipinski definition) is 1. The van der Waals surface area contributed by atoms with Gasteiger partial charge in [0.15, 0.2) is 0 Å². The second kappa shape index (κ2) is 5.08. The summed E-state index contributed by atoms with van der Waals surface area (Å²) >= 11 is 6.12. The predicted octanol–water partition coefficient (Wildman–Crippen LogP) is 2.86. The van der Waals surface area contributed by atoms with Crippen molar-refractivity contribution >= 4 is 11.6 Å². The fourth-order valence-electron chi connectivity index (χ4n) is 2.22. The molecule has 0 aliphatic carbocycles. The lowest BCUT2D eigenvalue weighted by molar-refractivity contribution is 0.320. The summed E-state index contributed by atoms with van der Waals surface area (Å²) in [6, 6.07) is 7.54. The van der Waals surface area contributed by atoms with Crippen molar-refractivity contribution in [2.45, 2.75) is 18.8 Å². The van der Waals surface area contributed by atoms with Gasteiger partial charge in [-0.3, -0.25) is 0 Å². The molecule has 18 heavy (non-hydrogen) atoms. The predicted molar refractivity (Wildman–Crippen MR) is 69.6 cm³/mol. The molecule has 2 aromatic rings. The molecule has 0 saturated carbocycles. The number of nitrogens with one attached hydrogen (secondary N) is 1. The van der Waals surface area contributed by atoms with E-state index in [0.29, 0.717) is 16.8 Å². The largest absolute Gasteiger partial charge is 0.339 e. The van der Waals surface area contributed by atoms with Crippen LogP contribution >= 0.6 is 11.6 Å². The van der Waals surface area contributed by atoms with Crippen LogP contribution in [-0.4, -0.2) is 23.2 Å². The summed E-state index contributed by atoms with van der Waals surface area (Å²) < 4.78 is 5.37.